The van der Waals surface area contributed by atoms with Crippen molar-refractivity contribution in [1.29, 1.82) is 0 Å². The molecule has 2 rings (SSSR count). The van der Waals surface area contributed by atoms with E-state index in [1.165, 1.54) is 26.2 Å². The summed E-state index contributed by atoms with van der Waals surface area (Å²) in [5, 5.41) is 0.748. The highest BCUT2D eigenvalue weighted by Crippen LogP contribution is 2.26. The van der Waals surface area contributed by atoms with Crippen LogP contribution in [0.2, 0.25) is 0 Å². The van der Waals surface area contributed by atoms with Crippen LogP contribution in [0.15, 0.2) is 39.6 Å². The highest BCUT2D eigenvalue weighted by atomic mass is 16.7. The van der Waals surface area contributed by atoms with E-state index in [0.717, 1.165) is 5.39 Å². The van der Waals surface area contributed by atoms with Gasteiger partial charge in [-0.25, -0.2) is 4.79 Å². The number of ketones is 1. The Labute approximate surface area is 115 Å². The summed E-state index contributed by atoms with van der Waals surface area (Å²) in [6.07, 6.45) is 3.10. The van der Waals surface area contributed by atoms with E-state index in [9.17, 15) is 9.59 Å². The predicted molar refractivity (Wildman–Crippen MR) is 74.7 cm³/mol. The molecule has 0 fully saturated rings. The van der Waals surface area contributed by atoms with Crippen LogP contribution in [-0.4, -0.2) is 19.7 Å². The molecule has 20 heavy (non-hydrogen) atoms. The number of methoxy groups -OCH3 is 1. The first-order valence-corrected chi connectivity index (χ1v) is 5.98. The highest BCUT2D eigenvalue weighted by molar-refractivity contribution is 5.93. The number of hydrogen-bond donors (Lipinski definition) is 0. The lowest BCUT2D eigenvalue weighted by atomic mass is 10.1. The molecule has 104 valence electrons. The maximum Gasteiger partial charge on any atom is 0.336 e. The van der Waals surface area contributed by atoms with Gasteiger partial charge in [0, 0.05) is 30.2 Å². The van der Waals surface area contributed by atoms with Crippen molar-refractivity contribution in [3.05, 3.63) is 46.3 Å². The molecule has 1 heterocycles. The Kier molecular flexibility index (Phi) is 4.32. The predicted octanol–water partition coefficient (Wildman–Crippen LogP) is 2.38. The Hall–Kier alpha value is -2.40. The molecule has 0 aliphatic heterocycles. The molecular weight excluding hydrogens is 260 g/mol. The molecule has 0 radical (unpaired) electrons. The van der Waals surface area contributed by atoms with Crippen molar-refractivity contribution in [3.63, 3.8) is 0 Å². The molecule has 0 spiro atoms. The Balaban J connectivity index is 2.53. The summed E-state index contributed by atoms with van der Waals surface area (Å²) in [5.74, 6) is 0.411. The third-order valence-corrected chi connectivity index (χ3v) is 2.58. The molecule has 0 N–H and O–H groups in total. The van der Waals surface area contributed by atoms with Crippen molar-refractivity contribution >= 4 is 22.8 Å². The second-order valence-corrected chi connectivity index (χ2v) is 4.18. The summed E-state index contributed by atoms with van der Waals surface area (Å²) in [6, 6.07) is 6.39. The van der Waals surface area contributed by atoms with Gasteiger partial charge in [0.15, 0.2) is 12.6 Å². The standard InChI is InChI=1S/C15H14O5/c1-10(16)3-4-11-7-12-5-6-15(17)20-14(12)8-13(11)19-9-18-2/h3-8H,9H2,1-2H3/b4-3+. The zero-order valence-corrected chi connectivity index (χ0v) is 11.2. The summed E-state index contributed by atoms with van der Waals surface area (Å²) in [7, 11) is 1.51. The first-order valence-electron chi connectivity index (χ1n) is 5.98. The number of rotatable bonds is 5. The fourth-order valence-electron chi connectivity index (χ4n) is 1.70. The number of hydrogen-bond acceptors (Lipinski definition) is 5. The second kappa shape index (κ2) is 6.16. The molecule has 5 nitrogen and oxygen atoms in total. The molecule has 2 aromatic rings. The zero-order chi connectivity index (χ0) is 14.5. The van der Waals surface area contributed by atoms with E-state index >= 15 is 0 Å². The minimum absolute atomic E-state index is 0.0590. The molecule has 0 unspecified atom stereocenters. The van der Waals surface area contributed by atoms with Crippen LogP contribution >= 0.6 is 0 Å². The third-order valence-electron chi connectivity index (χ3n) is 2.58. The Morgan fingerprint density at radius 3 is 2.85 bits per heavy atom. The van der Waals surface area contributed by atoms with Crippen LogP contribution in [-0.2, 0) is 9.53 Å². The molecule has 0 saturated carbocycles. The molecule has 0 bridgehead atoms. The number of benzene rings is 1. The molecule has 0 saturated heterocycles. The number of fused-ring (bicyclic) bond motifs is 1. The van der Waals surface area contributed by atoms with Gasteiger partial charge in [0.05, 0.1) is 0 Å². The van der Waals surface area contributed by atoms with E-state index < -0.39 is 5.63 Å². The topological polar surface area (TPSA) is 65.7 Å². The van der Waals surface area contributed by atoms with Gasteiger partial charge in [-0.05, 0) is 31.2 Å². The Morgan fingerprint density at radius 1 is 1.35 bits per heavy atom. The van der Waals surface area contributed by atoms with Gasteiger partial charge in [-0.3, -0.25) is 4.79 Å². The minimum atomic E-state index is -0.429. The molecule has 0 atom stereocenters. The van der Waals surface area contributed by atoms with Gasteiger partial charge in [0.1, 0.15) is 11.3 Å². The van der Waals surface area contributed by atoms with Crippen LogP contribution in [0.1, 0.15) is 12.5 Å². The fourth-order valence-corrected chi connectivity index (χ4v) is 1.70. The lowest BCUT2D eigenvalue weighted by molar-refractivity contribution is -0.112. The first-order chi connectivity index (χ1) is 9.60. The number of allylic oxidation sites excluding steroid dienone is 1. The highest BCUT2D eigenvalue weighted by Gasteiger charge is 2.06. The second-order valence-electron chi connectivity index (χ2n) is 4.18. The van der Waals surface area contributed by atoms with Crippen LogP contribution in [0.25, 0.3) is 17.0 Å². The van der Waals surface area contributed by atoms with E-state index in [4.69, 9.17) is 13.9 Å². The fraction of sp³-hybridized carbons (Fsp3) is 0.200. The van der Waals surface area contributed by atoms with Gasteiger partial charge in [-0.1, -0.05) is 0 Å². The zero-order valence-electron chi connectivity index (χ0n) is 11.2. The van der Waals surface area contributed by atoms with Crippen molar-refractivity contribution in [1.82, 2.24) is 0 Å². The van der Waals surface area contributed by atoms with Crippen LogP contribution in [0.3, 0.4) is 0 Å². The maximum atomic E-state index is 11.2. The molecular formula is C15H14O5. The lowest BCUT2D eigenvalue weighted by Crippen LogP contribution is -2.01. The van der Waals surface area contributed by atoms with Crippen molar-refractivity contribution in [2.24, 2.45) is 0 Å². The Bertz CT molecular complexity index is 712. The summed E-state index contributed by atoms with van der Waals surface area (Å²) < 4.78 is 15.4. The van der Waals surface area contributed by atoms with Gasteiger partial charge in [-0.15, -0.1) is 0 Å². The summed E-state index contributed by atoms with van der Waals surface area (Å²) in [6.45, 7) is 1.52. The molecule has 0 aliphatic rings. The minimum Gasteiger partial charge on any atom is -0.467 e. The van der Waals surface area contributed by atoms with Gasteiger partial charge in [-0.2, -0.15) is 0 Å². The quantitative estimate of drug-likeness (QED) is 0.476. The smallest absolute Gasteiger partial charge is 0.336 e. The third kappa shape index (κ3) is 3.33. The monoisotopic (exact) mass is 274 g/mol. The van der Waals surface area contributed by atoms with Crippen LogP contribution < -0.4 is 10.4 Å². The van der Waals surface area contributed by atoms with E-state index in [-0.39, 0.29) is 12.6 Å². The largest absolute Gasteiger partial charge is 0.467 e. The molecule has 1 aromatic heterocycles. The van der Waals surface area contributed by atoms with Crippen LogP contribution in [0, 0.1) is 0 Å². The van der Waals surface area contributed by atoms with Crippen molar-refractivity contribution in [2.45, 2.75) is 6.92 Å². The average Bonchev–Trinajstić information content (AvgIpc) is 2.42. The number of carbonyl (C=O) groups is 1. The summed E-state index contributed by atoms with van der Waals surface area (Å²) in [4.78, 5) is 22.3. The van der Waals surface area contributed by atoms with Gasteiger partial charge < -0.3 is 13.9 Å². The van der Waals surface area contributed by atoms with Crippen LogP contribution in [0.4, 0.5) is 0 Å². The van der Waals surface area contributed by atoms with E-state index in [2.05, 4.69) is 0 Å². The number of ether oxygens (including phenoxy) is 2. The SMILES string of the molecule is COCOc1cc2oc(=O)ccc2cc1/C=C/C(C)=O. The van der Waals surface area contributed by atoms with Crippen molar-refractivity contribution in [3.8, 4) is 5.75 Å². The van der Waals surface area contributed by atoms with Gasteiger partial charge >= 0.3 is 5.63 Å². The lowest BCUT2D eigenvalue weighted by Gasteiger charge is -2.09. The molecule has 0 amide bonds. The average molecular weight is 274 g/mol. The van der Waals surface area contributed by atoms with Gasteiger partial charge in [0.25, 0.3) is 0 Å². The van der Waals surface area contributed by atoms with Gasteiger partial charge in [0.2, 0.25) is 0 Å². The normalized spacial score (nSPS) is 11.1. The first kappa shape index (κ1) is 14.0. The Morgan fingerprint density at radius 2 is 2.15 bits per heavy atom. The maximum absolute atomic E-state index is 11.2. The van der Waals surface area contributed by atoms with E-state index in [0.29, 0.717) is 16.9 Å². The summed E-state index contributed by atoms with van der Waals surface area (Å²) in [5.41, 5.74) is 0.699. The van der Waals surface area contributed by atoms with Crippen molar-refractivity contribution in [2.75, 3.05) is 13.9 Å². The van der Waals surface area contributed by atoms with Crippen molar-refractivity contribution < 1.29 is 18.7 Å². The molecule has 0 aliphatic carbocycles. The molecule has 5 heteroatoms. The van der Waals surface area contributed by atoms with Crippen LogP contribution in [0.5, 0.6) is 5.75 Å². The van der Waals surface area contributed by atoms with E-state index in [1.807, 2.05) is 0 Å². The number of carbonyl (C=O) groups excluding carboxylic acids is 1. The molecule has 1 aromatic carbocycles. The summed E-state index contributed by atoms with van der Waals surface area (Å²) >= 11 is 0. The van der Waals surface area contributed by atoms with E-state index in [1.54, 1.807) is 24.3 Å².